The highest BCUT2D eigenvalue weighted by Crippen LogP contribution is 2.22. The first-order valence-electron chi connectivity index (χ1n) is 6.25. The number of hydrogen-bond acceptors (Lipinski definition) is 5. The van der Waals surface area contributed by atoms with E-state index in [-0.39, 0.29) is 23.0 Å². The standard InChI is InChI=1S/C15H19ClN2O3/c1-8-5-9(2)11(15(19)21-4)6-10(8)14(18)13(16)12(17)7-20-3/h5-6,18H,7,17H2,1-4H3/b13-12+,18-14?. The van der Waals surface area contributed by atoms with Gasteiger partial charge in [0.15, 0.2) is 0 Å². The van der Waals surface area contributed by atoms with Crippen LogP contribution < -0.4 is 5.73 Å². The minimum absolute atomic E-state index is 0.0499. The summed E-state index contributed by atoms with van der Waals surface area (Å²) in [5.41, 5.74) is 8.62. The number of hydrogen-bond donors (Lipinski definition) is 2. The van der Waals surface area contributed by atoms with Gasteiger partial charge >= 0.3 is 5.97 Å². The third kappa shape index (κ3) is 3.83. The van der Waals surface area contributed by atoms with Gasteiger partial charge in [-0.25, -0.2) is 4.79 Å². The Morgan fingerprint density at radius 2 is 1.81 bits per heavy atom. The first-order chi connectivity index (χ1) is 9.83. The quantitative estimate of drug-likeness (QED) is 0.646. The summed E-state index contributed by atoms with van der Waals surface area (Å²) in [7, 11) is 2.81. The average molecular weight is 311 g/mol. The second-order valence-electron chi connectivity index (χ2n) is 4.62. The van der Waals surface area contributed by atoms with E-state index in [0.29, 0.717) is 11.1 Å². The van der Waals surface area contributed by atoms with Crippen molar-refractivity contribution in [2.45, 2.75) is 13.8 Å². The number of carbonyl (C=O) groups excluding carboxylic acids is 1. The minimum atomic E-state index is -0.452. The Hall–Kier alpha value is -1.85. The fourth-order valence-electron chi connectivity index (χ4n) is 1.95. The number of benzene rings is 1. The van der Waals surface area contributed by atoms with Crippen LogP contribution in [0.25, 0.3) is 0 Å². The fourth-order valence-corrected chi connectivity index (χ4v) is 2.11. The van der Waals surface area contributed by atoms with Gasteiger partial charge in [0.2, 0.25) is 0 Å². The molecule has 21 heavy (non-hydrogen) atoms. The molecule has 114 valence electrons. The minimum Gasteiger partial charge on any atom is -0.465 e. The Labute approximate surface area is 129 Å². The topological polar surface area (TPSA) is 85.4 Å². The second kappa shape index (κ2) is 7.24. The summed E-state index contributed by atoms with van der Waals surface area (Å²) in [5.74, 6) is -0.452. The largest absolute Gasteiger partial charge is 0.465 e. The summed E-state index contributed by atoms with van der Waals surface area (Å²) in [6.45, 7) is 3.79. The average Bonchev–Trinajstić information content (AvgIpc) is 2.45. The number of aryl methyl sites for hydroxylation is 2. The predicted molar refractivity (Wildman–Crippen MR) is 83.0 cm³/mol. The Kier molecular flexibility index (Phi) is 5.93. The van der Waals surface area contributed by atoms with Crippen molar-refractivity contribution in [3.05, 3.63) is 45.1 Å². The van der Waals surface area contributed by atoms with Crippen LogP contribution in [0.15, 0.2) is 22.9 Å². The van der Waals surface area contributed by atoms with Gasteiger partial charge in [0, 0.05) is 12.7 Å². The highest BCUT2D eigenvalue weighted by Gasteiger charge is 2.17. The van der Waals surface area contributed by atoms with Crippen LogP contribution in [-0.4, -0.2) is 32.5 Å². The lowest BCUT2D eigenvalue weighted by Crippen LogP contribution is -2.14. The molecule has 0 bridgehead atoms. The van der Waals surface area contributed by atoms with Crippen molar-refractivity contribution in [3.63, 3.8) is 0 Å². The van der Waals surface area contributed by atoms with Crippen molar-refractivity contribution in [1.29, 1.82) is 5.41 Å². The lowest BCUT2D eigenvalue weighted by atomic mass is 9.96. The first kappa shape index (κ1) is 17.2. The van der Waals surface area contributed by atoms with Crippen molar-refractivity contribution in [1.82, 2.24) is 0 Å². The third-order valence-corrected chi connectivity index (χ3v) is 3.48. The lowest BCUT2D eigenvalue weighted by molar-refractivity contribution is 0.0600. The summed E-state index contributed by atoms with van der Waals surface area (Å²) >= 11 is 6.11. The van der Waals surface area contributed by atoms with Crippen LogP contribution in [-0.2, 0) is 9.47 Å². The van der Waals surface area contributed by atoms with Crippen molar-refractivity contribution >= 4 is 23.3 Å². The van der Waals surface area contributed by atoms with E-state index in [2.05, 4.69) is 0 Å². The molecule has 0 heterocycles. The Morgan fingerprint density at radius 3 is 2.33 bits per heavy atom. The molecule has 0 unspecified atom stereocenters. The summed E-state index contributed by atoms with van der Waals surface area (Å²) < 4.78 is 9.64. The summed E-state index contributed by atoms with van der Waals surface area (Å²) in [6.07, 6.45) is 0. The Bertz CT molecular complexity index is 609. The number of rotatable bonds is 5. The molecule has 0 atom stereocenters. The van der Waals surface area contributed by atoms with E-state index in [1.807, 2.05) is 19.9 Å². The Morgan fingerprint density at radius 1 is 1.24 bits per heavy atom. The number of ether oxygens (including phenoxy) is 2. The number of halogens is 1. The molecule has 1 rings (SSSR count). The van der Waals surface area contributed by atoms with Crippen LogP contribution in [0.4, 0.5) is 0 Å². The van der Waals surface area contributed by atoms with E-state index in [9.17, 15) is 4.79 Å². The number of allylic oxidation sites excluding steroid dienone is 1. The highest BCUT2D eigenvalue weighted by atomic mass is 35.5. The van der Waals surface area contributed by atoms with Crippen molar-refractivity contribution in [2.24, 2.45) is 5.73 Å². The van der Waals surface area contributed by atoms with Crippen LogP contribution in [0.2, 0.25) is 0 Å². The van der Waals surface area contributed by atoms with Gasteiger partial charge in [0.05, 0.1) is 35.7 Å². The molecule has 1 aromatic rings. The summed E-state index contributed by atoms with van der Waals surface area (Å²) in [4.78, 5) is 11.7. The van der Waals surface area contributed by atoms with E-state index in [0.717, 1.165) is 11.1 Å². The number of nitrogens with one attached hydrogen (secondary N) is 1. The maximum absolute atomic E-state index is 11.7. The van der Waals surface area contributed by atoms with Gasteiger partial charge in [-0.1, -0.05) is 17.7 Å². The van der Waals surface area contributed by atoms with Crippen molar-refractivity contribution in [3.8, 4) is 0 Å². The van der Waals surface area contributed by atoms with E-state index < -0.39 is 5.97 Å². The van der Waals surface area contributed by atoms with Crippen molar-refractivity contribution < 1.29 is 14.3 Å². The maximum atomic E-state index is 11.7. The van der Waals surface area contributed by atoms with E-state index in [1.54, 1.807) is 6.07 Å². The molecule has 6 heteroatoms. The molecule has 0 saturated carbocycles. The summed E-state index contributed by atoms with van der Waals surface area (Å²) in [5, 5.41) is 8.28. The molecule has 1 aromatic carbocycles. The first-order valence-corrected chi connectivity index (χ1v) is 6.63. The van der Waals surface area contributed by atoms with Gasteiger partial charge in [0.25, 0.3) is 0 Å². The zero-order chi connectivity index (χ0) is 16.2. The zero-order valence-electron chi connectivity index (χ0n) is 12.5. The monoisotopic (exact) mass is 310 g/mol. The molecule has 0 amide bonds. The molecule has 0 aliphatic heterocycles. The molecule has 0 aromatic heterocycles. The van der Waals surface area contributed by atoms with Crippen LogP contribution in [0.5, 0.6) is 0 Å². The number of nitrogens with two attached hydrogens (primary N) is 1. The third-order valence-electron chi connectivity index (χ3n) is 3.05. The zero-order valence-corrected chi connectivity index (χ0v) is 13.3. The molecule has 0 aliphatic rings. The van der Waals surface area contributed by atoms with Crippen LogP contribution in [0, 0.1) is 19.3 Å². The molecule has 0 fully saturated rings. The number of methoxy groups -OCH3 is 2. The molecule has 0 aliphatic carbocycles. The normalized spacial score (nSPS) is 11.9. The Balaban J connectivity index is 3.34. The molecule has 0 saturated heterocycles. The van der Waals surface area contributed by atoms with Gasteiger partial charge < -0.3 is 15.2 Å². The van der Waals surface area contributed by atoms with Gasteiger partial charge in [-0.15, -0.1) is 0 Å². The fraction of sp³-hybridized carbons (Fsp3) is 0.333. The SMILES string of the molecule is COC/C(N)=C(\Cl)C(=N)c1cc(C(=O)OC)c(C)cc1C. The van der Waals surface area contributed by atoms with Gasteiger partial charge in [-0.2, -0.15) is 0 Å². The van der Waals surface area contributed by atoms with Crippen molar-refractivity contribution in [2.75, 3.05) is 20.8 Å². The molecular formula is C15H19ClN2O3. The smallest absolute Gasteiger partial charge is 0.338 e. The van der Waals surface area contributed by atoms with E-state index >= 15 is 0 Å². The molecule has 5 nitrogen and oxygen atoms in total. The van der Waals surface area contributed by atoms with Crippen LogP contribution in [0.3, 0.4) is 0 Å². The lowest BCUT2D eigenvalue weighted by Gasteiger charge is -2.13. The number of carbonyl (C=O) groups is 1. The molecule has 3 N–H and O–H groups in total. The second-order valence-corrected chi connectivity index (χ2v) is 5.00. The van der Waals surface area contributed by atoms with Gasteiger partial charge in [0.1, 0.15) is 0 Å². The highest BCUT2D eigenvalue weighted by molar-refractivity contribution is 6.46. The molecule has 0 radical (unpaired) electrons. The van der Waals surface area contributed by atoms with Crippen LogP contribution >= 0.6 is 11.6 Å². The molecule has 0 spiro atoms. The number of esters is 1. The van der Waals surface area contributed by atoms with Gasteiger partial charge in [-0.05, 0) is 31.0 Å². The van der Waals surface area contributed by atoms with Gasteiger partial charge in [-0.3, -0.25) is 5.41 Å². The van der Waals surface area contributed by atoms with E-state index in [4.69, 9.17) is 32.2 Å². The summed E-state index contributed by atoms with van der Waals surface area (Å²) in [6, 6.07) is 3.41. The predicted octanol–water partition coefficient (Wildman–Crippen LogP) is 2.51. The van der Waals surface area contributed by atoms with Crippen LogP contribution in [0.1, 0.15) is 27.0 Å². The maximum Gasteiger partial charge on any atom is 0.338 e. The molecular weight excluding hydrogens is 292 g/mol. The van der Waals surface area contributed by atoms with E-state index in [1.165, 1.54) is 14.2 Å².